The molecule has 0 radical (unpaired) electrons. The van der Waals surface area contributed by atoms with Crippen molar-refractivity contribution in [3.8, 4) is 0 Å². The minimum atomic E-state index is -4.25. The van der Waals surface area contributed by atoms with Crippen molar-refractivity contribution in [3.63, 3.8) is 0 Å². The Kier molecular flexibility index (Phi) is 4.23. The molecule has 0 unspecified atom stereocenters. The fraction of sp³-hybridized carbons (Fsp3) is 0.0714. The molecule has 116 valence electrons. The Bertz CT molecular complexity index is 850. The fourth-order valence-corrected chi connectivity index (χ4v) is 2.80. The molecule has 8 heteroatoms. The first-order chi connectivity index (χ1) is 10.2. The topological polar surface area (TPSA) is 63.2 Å². The highest BCUT2D eigenvalue weighted by Crippen LogP contribution is 2.23. The van der Waals surface area contributed by atoms with E-state index < -0.39 is 33.2 Å². The van der Waals surface area contributed by atoms with E-state index in [1.165, 1.54) is 25.1 Å². The van der Waals surface area contributed by atoms with Gasteiger partial charge in [0, 0.05) is 5.56 Å². The van der Waals surface area contributed by atoms with Crippen LogP contribution in [0.5, 0.6) is 0 Å². The summed E-state index contributed by atoms with van der Waals surface area (Å²) >= 11 is 0. The van der Waals surface area contributed by atoms with Gasteiger partial charge in [-0.2, -0.15) is 0 Å². The van der Waals surface area contributed by atoms with Crippen LogP contribution in [0.15, 0.2) is 41.3 Å². The molecule has 22 heavy (non-hydrogen) atoms. The lowest BCUT2D eigenvalue weighted by atomic mass is 10.2. The second-order valence-corrected chi connectivity index (χ2v) is 6.09. The molecule has 0 aliphatic heterocycles. The summed E-state index contributed by atoms with van der Waals surface area (Å²) in [7, 11) is -4.25. The lowest BCUT2D eigenvalue weighted by Crippen LogP contribution is -2.15. The molecule has 0 atom stereocenters. The molecule has 0 amide bonds. The van der Waals surface area contributed by atoms with Gasteiger partial charge in [-0.1, -0.05) is 12.1 Å². The predicted octanol–water partition coefficient (Wildman–Crippen LogP) is 3.11. The third-order valence-electron chi connectivity index (χ3n) is 2.83. The lowest BCUT2D eigenvalue weighted by molar-refractivity contribution is 0.101. The van der Waals surface area contributed by atoms with Gasteiger partial charge in [0.15, 0.2) is 23.2 Å². The highest BCUT2D eigenvalue weighted by molar-refractivity contribution is 7.92. The number of rotatable bonds is 4. The number of hydrogen-bond acceptors (Lipinski definition) is 3. The number of hydrogen-bond donors (Lipinski definition) is 1. The number of carbonyl (C=O) groups excluding carboxylic acids is 1. The average molecular weight is 329 g/mol. The van der Waals surface area contributed by atoms with E-state index in [-0.39, 0.29) is 16.2 Å². The molecule has 2 rings (SSSR count). The largest absolute Gasteiger partial charge is 0.295 e. The molecule has 2 aromatic rings. The Hall–Kier alpha value is -2.35. The van der Waals surface area contributed by atoms with Crippen LogP contribution in [0.25, 0.3) is 0 Å². The van der Waals surface area contributed by atoms with Crippen LogP contribution in [0.4, 0.5) is 18.9 Å². The van der Waals surface area contributed by atoms with E-state index in [1.807, 2.05) is 4.72 Å². The summed E-state index contributed by atoms with van der Waals surface area (Å²) < 4.78 is 65.5. The van der Waals surface area contributed by atoms with Crippen molar-refractivity contribution in [2.45, 2.75) is 11.8 Å². The number of anilines is 1. The number of nitrogens with one attached hydrogen (secondary N) is 1. The summed E-state index contributed by atoms with van der Waals surface area (Å²) in [6.45, 7) is 1.26. The number of halogens is 3. The van der Waals surface area contributed by atoms with E-state index in [1.54, 1.807) is 0 Å². The monoisotopic (exact) mass is 329 g/mol. The number of ketones is 1. The second kappa shape index (κ2) is 5.80. The van der Waals surface area contributed by atoms with Gasteiger partial charge in [-0.3, -0.25) is 9.52 Å². The molecule has 0 saturated heterocycles. The number of carbonyl (C=O) groups is 1. The van der Waals surface area contributed by atoms with Crippen molar-refractivity contribution < 1.29 is 26.4 Å². The maximum atomic E-state index is 13.5. The first-order valence-electron chi connectivity index (χ1n) is 5.99. The normalized spacial score (nSPS) is 11.3. The van der Waals surface area contributed by atoms with Crippen molar-refractivity contribution in [3.05, 3.63) is 59.4 Å². The molecule has 0 bridgehead atoms. The van der Waals surface area contributed by atoms with Crippen LogP contribution in [0.3, 0.4) is 0 Å². The van der Waals surface area contributed by atoms with Gasteiger partial charge in [-0.15, -0.1) is 0 Å². The summed E-state index contributed by atoms with van der Waals surface area (Å²) in [5, 5.41) is 0. The molecule has 0 spiro atoms. The first-order valence-corrected chi connectivity index (χ1v) is 7.48. The van der Waals surface area contributed by atoms with E-state index in [2.05, 4.69) is 0 Å². The van der Waals surface area contributed by atoms with Crippen molar-refractivity contribution in [2.24, 2.45) is 0 Å². The minimum Gasteiger partial charge on any atom is -0.295 e. The SMILES string of the molecule is CC(=O)c1cccc(S(=O)(=O)Nc2ccc(F)c(F)c2F)c1. The summed E-state index contributed by atoms with van der Waals surface area (Å²) in [6.07, 6.45) is 0. The Morgan fingerprint density at radius 1 is 1.05 bits per heavy atom. The average Bonchev–Trinajstić information content (AvgIpc) is 2.48. The highest BCUT2D eigenvalue weighted by atomic mass is 32.2. The van der Waals surface area contributed by atoms with E-state index in [0.29, 0.717) is 6.07 Å². The van der Waals surface area contributed by atoms with Crippen molar-refractivity contribution >= 4 is 21.5 Å². The zero-order valence-corrected chi connectivity index (χ0v) is 12.0. The molecule has 0 saturated carbocycles. The molecule has 4 nitrogen and oxygen atoms in total. The Morgan fingerprint density at radius 2 is 1.73 bits per heavy atom. The fourth-order valence-electron chi connectivity index (χ4n) is 1.69. The number of Topliss-reactive ketones (excluding diaryl/α,β-unsaturated/α-hetero) is 1. The van der Waals surface area contributed by atoms with Crippen LogP contribution in [0.2, 0.25) is 0 Å². The van der Waals surface area contributed by atoms with Gasteiger partial charge in [0.25, 0.3) is 10.0 Å². The predicted molar refractivity (Wildman–Crippen MR) is 73.6 cm³/mol. The number of sulfonamides is 1. The van der Waals surface area contributed by atoms with E-state index >= 15 is 0 Å². The van der Waals surface area contributed by atoms with Gasteiger partial charge in [-0.25, -0.2) is 21.6 Å². The Labute approximate surface area is 124 Å². The molecule has 2 aromatic carbocycles. The molecular weight excluding hydrogens is 319 g/mol. The first kappa shape index (κ1) is 16.0. The molecule has 0 aliphatic carbocycles. The summed E-state index contributed by atoms with van der Waals surface area (Å²) in [5.41, 5.74) is -0.583. The quantitative estimate of drug-likeness (QED) is 0.692. The van der Waals surface area contributed by atoms with Gasteiger partial charge in [0.05, 0.1) is 10.6 Å². The summed E-state index contributed by atoms with van der Waals surface area (Å²) in [5.74, 6) is -5.21. The minimum absolute atomic E-state index is 0.147. The second-order valence-electron chi connectivity index (χ2n) is 4.41. The van der Waals surface area contributed by atoms with Crippen LogP contribution in [0.1, 0.15) is 17.3 Å². The molecule has 0 fully saturated rings. The van der Waals surface area contributed by atoms with E-state index in [0.717, 1.165) is 12.1 Å². The van der Waals surface area contributed by atoms with E-state index in [9.17, 15) is 26.4 Å². The molecule has 1 N–H and O–H groups in total. The van der Waals surface area contributed by atoms with Crippen LogP contribution in [-0.2, 0) is 10.0 Å². The maximum absolute atomic E-state index is 13.5. The van der Waals surface area contributed by atoms with Gasteiger partial charge in [-0.05, 0) is 31.2 Å². The van der Waals surface area contributed by atoms with E-state index in [4.69, 9.17) is 0 Å². The molecular formula is C14H10F3NO3S. The standard InChI is InChI=1S/C14H10F3NO3S/c1-8(19)9-3-2-4-10(7-9)22(20,21)18-12-6-5-11(15)13(16)14(12)17/h2-7,18H,1H3. The van der Waals surface area contributed by atoms with Crippen LogP contribution < -0.4 is 4.72 Å². The molecule has 0 aromatic heterocycles. The maximum Gasteiger partial charge on any atom is 0.262 e. The Morgan fingerprint density at radius 3 is 2.36 bits per heavy atom. The van der Waals surface area contributed by atoms with Crippen molar-refractivity contribution in [1.29, 1.82) is 0 Å². The van der Waals surface area contributed by atoms with Gasteiger partial charge in [0.1, 0.15) is 0 Å². The van der Waals surface area contributed by atoms with Gasteiger partial charge < -0.3 is 0 Å². The third-order valence-corrected chi connectivity index (χ3v) is 4.19. The Balaban J connectivity index is 2.42. The van der Waals surface area contributed by atoms with Gasteiger partial charge in [0.2, 0.25) is 0 Å². The van der Waals surface area contributed by atoms with Crippen molar-refractivity contribution in [1.82, 2.24) is 0 Å². The van der Waals surface area contributed by atoms with Crippen LogP contribution >= 0.6 is 0 Å². The van der Waals surface area contributed by atoms with Crippen LogP contribution in [-0.4, -0.2) is 14.2 Å². The summed E-state index contributed by atoms with van der Waals surface area (Å²) in [6, 6.07) is 6.41. The zero-order valence-electron chi connectivity index (χ0n) is 11.2. The lowest BCUT2D eigenvalue weighted by Gasteiger charge is -2.10. The zero-order chi connectivity index (χ0) is 16.5. The smallest absolute Gasteiger partial charge is 0.262 e. The number of benzene rings is 2. The highest BCUT2D eigenvalue weighted by Gasteiger charge is 2.20. The summed E-state index contributed by atoms with van der Waals surface area (Å²) in [4.78, 5) is 11.0. The van der Waals surface area contributed by atoms with Crippen LogP contribution in [0, 0.1) is 17.5 Å². The van der Waals surface area contributed by atoms with Crippen molar-refractivity contribution in [2.75, 3.05) is 4.72 Å². The molecule has 0 heterocycles. The third kappa shape index (κ3) is 3.11. The molecule has 0 aliphatic rings. The van der Waals surface area contributed by atoms with Gasteiger partial charge >= 0.3 is 0 Å².